The Hall–Kier alpha value is -0.620. The Bertz CT molecular complexity index is 508. The number of amides is 1. The fourth-order valence-corrected chi connectivity index (χ4v) is 2.98. The van der Waals surface area contributed by atoms with Crippen LogP contribution in [0.3, 0.4) is 0 Å². The van der Waals surface area contributed by atoms with E-state index in [1.807, 2.05) is 26.8 Å². The minimum absolute atomic E-state index is 0.496. The van der Waals surface area contributed by atoms with Gasteiger partial charge in [-0.15, -0.1) is 0 Å². The number of ether oxygens (including phenoxy) is 1. The topological polar surface area (TPSA) is 51.2 Å². The number of carbonyl (C=O) groups excluding carboxylic acids is 1. The molecule has 0 unspecified atom stereocenters. The van der Waals surface area contributed by atoms with Crippen molar-refractivity contribution in [2.75, 3.05) is 5.32 Å². The van der Waals surface area contributed by atoms with Gasteiger partial charge in [0.2, 0.25) is 0 Å². The average molecular weight is 392 g/mol. The number of aromatic nitrogens is 1. The van der Waals surface area contributed by atoms with Gasteiger partial charge in [-0.05, 0) is 71.5 Å². The van der Waals surface area contributed by atoms with Crippen LogP contribution in [0.1, 0.15) is 45.2 Å². The molecule has 1 heterocycles. The molecule has 0 aromatic carbocycles. The van der Waals surface area contributed by atoms with Crippen LogP contribution in [-0.4, -0.2) is 16.7 Å². The minimum atomic E-state index is -0.523. The zero-order valence-corrected chi connectivity index (χ0v) is 14.3. The summed E-state index contributed by atoms with van der Waals surface area (Å²) in [6.45, 7) is 5.48. The Labute approximate surface area is 129 Å². The summed E-state index contributed by atoms with van der Waals surface area (Å²) in [5.41, 5.74) is 0.472. The summed E-state index contributed by atoms with van der Waals surface area (Å²) in [4.78, 5) is 16.3. The van der Waals surface area contributed by atoms with Crippen LogP contribution in [0.25, 0.3) is 0 Å². The van der Waals surface area contributed by atoms with Crippen LogP contribution in [-0.2, 0) is 4.74 Å². The number of carbonyl (C=O) groups is 1. The third-order valence-electron chi connectivity index (χ3n) is 2.54. The first-order valence-corrected chi connectivity index (χ1v) is 7.71. The van der Waals surface area contributed by atoms with Crippen molar-refractivity contribution in [3.8, 4) is 0 Å². The van der Waals surface area contributed by atoms with E-state index >= 15 is 0 Å². The second kappa shape index (κ2) is 5.40. The maximum atomic E-state index is 11.8. The van der Waals surface area contributed by atoms with E-state index in [1.54, 1.807) is 0 Å². The van der Waals surface area contributed by atoms with E-state index in [4.69, 9.17) is 4.74 Å². The van der Waals surface area contributed by atoms with Gasteiger partial charge in [0.1, 0.15) is 11.4 Å². The number of halogens is 2. The minimum Gasteiger partial charge on any atom is -0.444 e. The van der Waals surface area contributed by atoms with Gasteiger partial charge in [0.25, 0.3) is 0 Å². The molecule has 1 N–H and O–H groups in total. The van der Waals surface area contributed by atoms with E-state index in [9.17, 15) is 4.79 Å². The molecule has 0 radical (unpaired) electrons. The van der Waals surface area contributed by atoms with Crippen molar-refractivity contribution in [2.45, 2.75) is 45.1 Å². The van der Waals surface area contributed by atoms with Crippen LogP contribution in [0.15, 0.2) is 15.0 Å². The van der Waals surface area contributed by atoms with E-state index < -0.39 is 11.7 Å². The van der Waals surface area contributed by atoms with Gasteiger partial charge in [-0.25, -0.2) is 9.78 Å². The quantitative estimate of drug-likeness (QED) is 0.785. The van der Waals surface area contributed by atoms with Gasteiger partial charge >= 0.3 is 6.09 Å². The number of pyridine rings is 1. The van der Waals surface area contributed by atoms with Gasteiger partial charge < -0.3 is 4.74 Å². The summed E-state index contributed by atoms with van der Waals surface area (Å²) < 4.78 is 6.92. The molecular weight excluding hydrogens is 376 g/mol. The van der Waals surface area contributed by atoms with E-state index in [-0.39, 0.29) is 0 Å². The van der Waals surface area contributed by atoms with Crippen molar-refractivity contribution in [3.63, 3.8) is 0 Å². The van der Waals surface area contributed by atoms with Gasteiger partial charge in [-0.1, -0.05) is 0 Å². The summed E-state index contributed by atoms with van der Waals surface area (Å²) in [5, 5.41) is 2.68. The number of nitrogens with one attached hydrogen (secondary N) is 1. The van der Waals surface area contributed by atoms with Gasteiger partial charge in [0.05, 0.1) is 10.2 Å². The molecule has 1 amide bonds. The molecule has 104 valence electrons. The lowest BCUT2D eigenvalue weighted by molar-refractivity contribution is 0.0635. The Morgan fingerprint density at radius 1 is 1.37 bits per heavy atom. The molecule has 0 saturated heterocycles. The molecule has 1 aromatic heterocycles. The van der Waals surface area contributed by atoms with Gasteiger partial charge in [-0.2, -0.15) is 0 Å². The monoisotopic (exact) mass is 390 g/mol. The summed E-state index contributed by atoms with van der Waals surface area (Å²) in [7, 11) is 0. The maximum Gasteiger partial charge on any atom is 0.413 e. The van der Waals surface area contributed by atoms with Crippen molar-refractivity contribution in [1.29, 1.82) is 0 Å². The van der Waals surface area contributed by atoms with Crippen LogP contribution in [0.4, 0.5) is 10.6 Å². The van der Waals surface area contributed by atoms with E-state index in [2.05, 4.69) is 42.2 Å². The van der Waals surface area contributed by atoms with Crippen molar-refractivity contribution >= 4 is 43.8 Å². The molecule has 2 rings (SSSR count). The Morgan fingerprint density at radius 3 is 2.53 bits per heavy atom. The summed E-state index contributed by atoms with van der Waals surface area (Å²) >= 11 is 6.90. The molecule has 0 bridgehead atoms. The van der Waals surface area contributed by atoms with E-state index in [1.165, 1.54) is 0 Å². The number of hydrogen-bond donors (Lipinski definition) is 1. The third kappa shape index (κ3) is 4.18. The highest BCUT2D eigenvalue weighted by Gasteiger charge is 2.28. The average Bonchev–Trinajstić information content (AvgIpc) is 3.02. The zero-order valence-electron chi connectivity index (χ0n) is 11.1. The highest BCUT2D eigenvalue weighted by Crippen LogP contribution is 2.43. The highest BCUT2D eigenvalue weighted by molar-refractivity contribution is 9.11. The highest BCUT2D eigenvalue weighted by atomic mass is 79.9. The van der Waals surface area contributed by atoms with Gasteiger partial charge in [0, 0.05) is 10.4 Å². The summed E-state index contributed by atoms with van der Waals surface area (Å²) in [5.74, 6) is 1.00. The van der Waals surface area contributed by atoms with Crippen LogP contribution >= 0.6 is 31.9 Å². The molecule has 6 heteroatoms. The molecule has 4 nitrogen and oxygen atoms in total. The van der Waals surface area contributed by atoms with E-state index in [0.717, 1.165) is 27.5 Å². The smallest absolute Gasteiger partial charge is 0.413 e. The SMILES string of the molecule is CC(C)(C)OC(=O)Nc1nc(C2CC2)c(Br)cc1Br. The summed E-state index contributed by atoms with van der Waals surface area (Å²) in [6.07, 6.45) is 1.81. The second-order valence-corrected chi connectivity index (χ2v) is 7.30. The van der Waals surface area contributed by atoms with Crippen molar-refractivity contribution in [2.24, 2.45) is 0 Å². The molecule has 1 aromatic rings. The standard InChI is InChI=1S/C13H16Br2N2O2/c1-13(2,3)19-12(18)17-11-9(15)6-8(14)10(16-11)7-4-5-7/h6-7H,4-5H2,1-3H3,(H,16,17,18). The largest absolute Gasteiger partial charge is 0.444 e. The normalized spacial score (nSPS) is 15.2. The number of rotatable bonds is 2. The van der Waals surface area contributed by atoms with Crippen molar-refractivity contribution < 1.29 is 9.53 Å². The Kier molecular flexibility index (Phi) is 4.20. The summed E-state index contributed by atoms with van der Waals surface area (Å²) in [6, 6.07) is 1.91. The first-order valence-electron chi connectivity index (χ1n) is 6.12. The molecule has 1 fully saturated rings. The lowest BCUT2D eigenvalue weighted by atomic mass is 10.2. The zero-order chi connectivity index (χ0) is 14.2. The predicted octanol–water partition coefficient (Wildman–Crippen LogP) is 4.83. The number of hydrogen-bond acceptors (Lipinski definition) is 3. The molecule has 1 saturated carbocycles. The first-order chi connectivity index (χ1) is 8.76. The second-order valence-electron chi connectivity index (χ2n) is 5.59. The van der Waals surface area contributed by atoms with Crippen molar-refractivity contribution in [1.82, 2.24) is 4.98 Å². The van der Waals surface area contributed by atoms with Gasteiger partial charge in [-0.3, -0.25) is 5.32 Å². The Morgan fingerprint density at radius 2 is 2.00 bits per heavy atom. The molecular formula is C13H16Br2N2O2. The fraction of sp³-hybridized carbons (Fsp3) is 0.538. The third-order valence-corrected chi connectivity index (χ3v) is 3.78. The van der Waals surface area contributed by atoms with Crippen LogP contribution < -0.4 is 5.32 Å². The van der Waals surface area contributed by atoms with E-state index in [0.29, 0.717) is 11.7 Å². The van der Waals surface area contributed by atoms with Crippen molar-refractivity contribution in [3.05, 3.63) is 20.7 Å². The number of nitrogens with zero attached hydrogens (tertiary/aromatic N) is 1. The predicted molar refractivity (Wildman–Crippen MR) is 81.5 cm³/mol. The van der Waals surface area contributed by atoms with Crippen LogP contribution in [0.5, 0.6) is 0 Å². The lowest BCUT2D eigenvalue weighted by Crippen LogP contribution is -2.27. The first kappa shape index (κ1) is 14.8. The molecule has 1 aliphatic rings. The van der Waals surface area contributed by atoms with Gasteiger partial charge in [0.15, 0.2) is 0 Å². The number of anilines is 1. The fourth-order valence-electron chi connectivity index (χ4n) is 1.61. The molecule has 19 heavy (non-hydrogen) atoms. The van der Waals surface area contributed by atoms with Crippen LogP contribution in [0, 0.1) is 0 Å². The van der Waals surface area contributed by atoms with Crippen LogP contribution in [0.2, 0.25) is 0 Å². The molecule has 0 spiro atoms. The maximum absolute atomic E-state index is 11.8. The molecule has 0 aliphatic heterocycles. The lowest BCUT2D eigenvalue weighted by Gasteiger charge is -2.20. The molecule has 0 atom stereocenters. The Balaban J connectivity index is 2.15. The molecule has 1 aliphatic carbocycles.